The number of rotatable bonds is 4. The molecule has 1 aliphatic carbocycles. The number of aliphatic hydroxyl groups is 1. The van der Waals surface area contributed by atoms with Crippen molar-refractivity contribution in [1.82, 2.24) is 0 Å². The second-order valence-electron chi connectivity index (χ2n) is 6.68. The van der Waals surface area contributed by atoms with E-state index in [-0.39, 0.29) is 5.41 Å². The smallest absolute Gasteiger partial charge is 0.0860 e. The third kappa shape index (κ3) is 2.91. The molecule has 1 aliphatic rings. The van der Waals surface area contributed by atoms with E-state index in [1.165, 1.54) is 30.4 Å². The molecule has 1 aromatic carbocycles. The first kappa shape index (κ1) is 15.5. The van der Waals surface area contributed by atoms with Gasteiger partial charge in [0, 0.05) is 12.0 Å². The van der Waals surface area contributed by atoms with Crippen LogP contribution in [0.15, 0.2) is 18.2 Å². The zero-order chi connectivity index (χ0) is 14.8. The van der Waals surface area contributed by atoms with Gasteiger partial charge in [-0.2, -0.15) is 0 Å². The Bertz CT molecular complexity index is 447. The molecule has 0 saturated heterocycles. The molecule has 1 aromatic rings. The molecule has 1 fully saturated rings. The summed E-state index contributed by atoms with van der Waals surface area (Å²) in [5.41, 5.74) is 9.46. The number of aliphatic hydroxyl groups excluding tert-OH is 1. The van der Waals surface area contributed by atoms with Gasteiger partial charge < -0.3 is 10.8 Å². The van der Waals surface area contributed by atoms with Crippen LogP contribution < -0.4 is 5.73 Å². The highest BCUT2D eigenvalue weighted by Gasteiger charge is 2.40. The Balaban J connectivity index is 2.23. The Kier molecular flexibility index (Phi) is 4.87. The molecular weight excluding hydrogens is 246 g/mol. The van der Waals surface area contributed by atoms with Crippen molar-refractivity contribution in [3.8, 4) is 0 Å². The van der Waals surface area contributed by atoms with Crippen LogP contribution in [0.4, 0.5) is 0 Å². The quantitative estimate of drug-likeness (QED) is 0.876. The van der Waals surface area contributed by atoms with E-state index in [0.717, 1.165) is 24.3 Å². The van der Waals surface area contributed by atoms with E-state index >= 15 is 0 Å². The summed E-state index contributed by atoms with van der Waals surface area (Å²) in [6.07, 6.45) is 5.34. The molecule has 0 heterocycles. The summed E-state index contributed by atoms with van der Waals surface area (Å²) in [5, 5.41) is 10.9. The van der Waals surface area contributed by atoms with E-state index in [4.69, 9.17) is 5.73 Å². The molecule has 0 bridgehead atoms. The van der Waals surface area contributed by atoms with Gasteiger partial charge >= 0.3 is 0 Å². The Labute approximate surface area is 123 Å². The summed E-state index contributed by atoms with van der Waals surface area (Å²) in [5.74, 6) is 0.820. The molecule has 1 atom stereocenters. The molecule has 0 spiro atoms. The second-order valence-corrected chi connectivity index (χ2v) is 6.68. The minimum atomic E-state index is -0.425. The summed E-state index contributed by atoms with van der Waals surface area (Å²) in [7, 11) is 0. The first-order valence-corrected chi connectivity index (χ1v) is 7.97. The molecule has 20 heavy (non-hydrogen) atoms. The normalized spacial score (nSPS) is 28.4. The molecule has 1 saturated carbocycles. The van der Waals surface area contributed by atoms with Crippen LogP contribution in [0.25, 0.3) is 0 Å². The van der Waals surface area contributed by atoms with E-state index in [1.54, 1.807) is 0 Å². The molecule has 2 rings (SSSR count). The largest absolute Gasteiger partial charge is 0.388 e. The Hall–Kier alpha value is -0.860. The highest BCUT2D eigenvalue weighted by atomic mass is 16.3. The van der Waals surface area contributed by atoms with Gasteiger partial charge in [0.15, 0.2) is 0 Å². The maximum Gasteiger partial charge on any atom is 0.0860 e. The van der Waals surface area contributed by atoms with E-state index in [9.17, 15) is 5.11 Å². The summed E-state index contributed by atoms with van der Waals surface area (Å²) in [6.45, 7) is 7.03. The Morgan fingerprint density at radius 1 is 1.30 bits per heavy atom. The summed E-state index contributed by atoms with van der Waals surface area (Å²) in [4.78, 5) is 0. The van der Waals surface area contributed by atoms with E-state index in [2.05, 4.69) is 39.0 Å². The van der Waals surface area contributed by atoms with Gasteiger partial charge in [-0.1, -0.05) is 37.1 Å². The first-order chi connectivity index (χ1) is 9.52. The summed E-state index contributed by atoms with van der Waals surface area (Å²) in [6, 6.07) is 6.33. The van der Waals surface area contributed by atoms with Gasteiger partial charge in [-0.25, -0.2) is 0 Å². The van der Waals surface area contributed by atoms with Crippen molar-refractivity contribution in [2.75, 3.05) is 6.54 Å². The molecule has 0 aliphatic heterocycles. The highest BCUT2D eigenvalue weighted by Crippen LogP contribution is 2.48. The van der Waals surface area contributed by atoms with Crippen molar-refractivity contribution in [3.05, 3.63) is 34.9 Å². The molecule has 112 valence electrons. The maximum atomic E-state index is 10.9. The van der Waals surface area contributed by atoms with Gasteiger partial charge in [0.2, 0.25) is 0 Å². The predicted octanol–water partition coefficient (Wildman–Crippen LogP) is 3.88. The molecule has 0 radical (unpaired) electrons. The monoisotopic (exact) mass is 275 g/mol. The van der Waals surface area contributed by atoms with Crippen LogP contribution in [-0.4, -0.2) is 11.7 Å². The average molecular weight is 275 g/mol. The van der Waals surface area contributed by atoms with Gasteiger partial charge in [-0.3, -0.25) is 0 Å². The van der Waals surface area contributed by atoms with Crippen molar-refractivity contribution in [3.63, 3.8) is 0 Å². The summed E-state index contributed by atoms with van der Waals surface area (Å²) >= 11 is 0. The topological polar surface area (TPSA) is 46.2 Å². The minimum Gasteiger partial charge on any atom is -0.388 e. The van der Waals surface area contributed by atoms with Crippen LogP contribution in [0.2, 0.25) is 0 Å². The van der Waals surface area contributed by atoms with Crippen molar-refractivity contribution in [2.24, 2.45) is 17.1 Å². The minimum absolute atomic E-state index is 0.119. The fraction of sp³-hybridized carbons (Fsp3) is 0.667. The van der Waals surface area contributed by atoms with Gasteiger partial charge in [0.25, 0.3) is 0 Å². The fourth-order valence-electron chi connectivity index (χ4n) is 3.71. The maximum absolute atomic E-state index is 10.9. The number of hydrogen-bond donors (Lipinski definition) is 2. The standard InChI is InChI=1S/C18H29NO/c1-4-15-7-9-18(12-19,10-8-15)17(20)16-6-5-13(2)11-14(16)3/h5-6,11,15,17,20H,4,7-10,12,19H2,1-3H3. The molecule has 2 nitrogen and oxygen atoms in total. The number of hydrogen-bond acceptors (Lipinski definition) is 2. The van der Waals surface area contributed by atoms with Crippen molar-refractivity contribution in [1.29, 1.82) is 0 Å². The van der Waals surface area contributed by atoms with Crippen molar-refractivity contribution in [2.45, 2.75) is 59.0 Å². The zero-order valence-electron chi connectivity index (χ0n) is 13.2. The third-order valence-electron chi connectivity index (χ3n) is 5.38. The molecule has 2 heteroatoms. The van der Waals surface area contributed by atoms with Gasteiger partial charge in [0.05, 0.1) is 6.10 Å². The number of nitrogens with two attached hydrogens (primary N) is 1. The molecule has 1 unspecified atom stereocenters. The van der Waals surface area contributed by atoms with Gasteiger partial charge in [0.1, 0.15) is 0 Å². The second kappa shape index (κ2) is 6.28. The van der Waals surface area contributed by atoms with E-state index in [1.807, 2.05) is 0 Å². The van der Waals surface area contributed by atoms with Gasteiger partial charge in [-0.05, 0) is 56.6 Å². The van der Waals surface area contributed by atoms with E-state index in [0.29, 0.717) is 6.54 Å². The van der Waals surface area contributed by atoms with E-state index < -0.39 is 6.10 Å². The SMILES string of the molecule is CCC1CCC(CN)(C(O)c2ccc(C)cc2C)CC1. The Morgan fingerprint density at radius 3 is 2.45 bits per heavy atom. The van der Waals surface area contributed by atoms with Gasteiger partial charge in [-0.15, -0.1) is 0 Å². The molecule has 0 aromatic heterocycles. The van der Waals surface area contributed by atoms with Crippen LogP contribution in [0.1, 0.15) is 61.8 Å². The lowest BCUT2D eigenvalue weighted by Crippen LogP contribution is -2.40. The Morgan fingerprint density at radius 2 is 1.95 bits per heavy atom. The van der Waals surface area contributed by atoms with Crippen molar-refractivity contribution >= 4 is 0 Å². The number of benzene rings is 1. The third-order valence-corrected chi connectivity index (χ3v) is 5.38. The number of aryl methyl sites for hydroxylation is 2. The zero-order valence-corrected chi connectivity index (χ0v) is 13.2. The molecule has 0 amide bonds. The van der Waals surface area contributed by atoms with Crippen LogP contribution in [-0.2, 0) is 0 Å². The average Bonchev–Trinajstić information content (AvgIpc) is 2.46. The lowest BCUT2D eigenvalue weighted by atomic mass is 9.65. The lowest BCUT2D eigenvalue weighted by Gasteiger charge is -2.43. The van der Waals surface area contributed by atoms with Crippen molar-refractivity contribution < 1.29 is 5.11 Å². The fourth-order valence-corrected chi connectivity index (χ4v) is 3.71. The molecular formula is C18H29NO. The van der Waals surface area contributed by atoms with Crippen LogP contribution >= 0.6 is 0 Å². The van der Waals surface area contributed by atoms with Crippen LogP contribution in [0, 0.1) is 25.2 Å². The summed E-state index contributed by atoms with van der Waals surface area (Å²) < 4.78 is 0. The lowest BCUT2D eigenvalue weighted by molar-refractivity contribution is -0.0107. The van der Waals surface area contributed by atoms with Crippen LogP contribution in [0.3, 0.4) is 0 Å². The first-order valence-electron chi connectivity index (χ1n) is 7.97. The van der Waals surface area contributed by atoms with Crippen LogP contribution in [0.5, 0.6) is 0 Å². The predicted molar refractivity (Wildman–Crippen MR) is 84.6 cm³/mol. The highest BCUT2D eigenvalue weighted by molar-refractivity contribution is 5.33. The molecule has 3 N–H and O–H groups in total.